The van der Waals surface area contributed by atoms with Crippen molar-refractivity contribution in [3.05, 3.63) is 101 Å². The molecule has 0 atom stereocenters. The lowest BCUT2D eigenvalue weighted by Gasteiger charge is -2.26. The largest absolute Gasteiger partial charge is 0.416 e. The van der Waals surface area contributed by atoms with Crippen LogP contribution in [0.4, 0.5) is 13.2 Å². The number of hydrogen-bond donors (Lipinski definition) is 0. The first-order chi connectivity index (χ1) is 14.9. The molecule has 1 heterocycles. The minimum atomic E-state index is -4.31. The Morgan fingerprint density at radius 1 is 0.839 bits per heavy atom. The lowest BCUT2D eigenvalue weighted by molar-refractivity contribution is -0.137. The van der Waals surface area contributed by atoms with E-state index < -0.39 is 11.7 Å². The predicted octanol–water partition coefficient (Wildman–Crippen LogP) is 7.36. The molecule has 0 aromatic heterocycles. The summed E-state index contributed by atoms with van der Waals surface area (Å²) in [5.41, 5.74) is 4.65. The molecule has 0 radical (unpaired) electrons. The van der Waals surface area contributed by atoms with Crippen molar-refractivity contribution in [1.29, 1.82) is 0 Å². The number of benzene rings is 3. The third kappa shape index (κ3) is 5.57. The average molecular weight is 442 g/mol. The van der Waals surface area contributed by atoms with E-state index in [4.69, 9.17) is 11.6 Å². The summed E-state index contributed by atoms with van der Waals surface area (Å²) in [7, 11) is 0. The van der Waals surface area contributed by atoms with Crippen molar-refractivity contribution in [1.82, 2.24) is 4.90 Å². The summed E-state index contributed by atoms with van der Waals surface area (Å²) in [6.07, 6.45) is -0.548. The maximum atomic E-state index is 13.0. The molecule has 1 aliphatic rings. The Morgan fingerprint density at radius 3 is 2.13 bits per heavy atom. The lowest BCUT2D eigenvalue weighted by atomic mass is 9.97. The van der Waals surface area contributed by atoms with Crippen LogP contribution < -0.4 is 0 Å². The quantitative estimate of drug-likeness (QED) is 0.400. The van der Waals surface area contributed by atoms with Crippen molar-refractivity contribution in [2.45, 2.75) is 19.0 Å². The minimum Gasteiger partial charge on any atom is -0.299 e. The van der Waals surface area contributed by atoms with Gasteiger partial charge in [-0.25, -0.2) is 0 Å². The van der Waals surface area contributed by atoms with Crippen molar-refractivity contribution >= 4 is 17.2 Å². The highest BCUT2D eigenvalue weighted by Crippen LogP contribution is 2.32. The van der Waals surface area contributed by atoms with Gasteiger partial charge < -0.3 is 0 Å². The fraction of sp³-hybridized carbons (Fsp3) is 0.231. The van der Waals surface area contributed by atoms with Gasteiger partial charge in [0, 0.05) is 24.7 Å². The third-order valence-corrected chi connectivity index (χ3v) is 5.95. The van der Waals surface area contributed by atoms with Gasteiger partial charge in [-0.1, -0.05) is 66.2 Å². The number of hydrogen-bond acceptors (Lipinski definition) is 1. The van der Waals surface area contributed by atoms with E-state index in [0.717, 1.165) is 60.3 Å². The van der Waals surface area contributed by atoms with E-state index >= 15 is 0 Å². The first kappa shape index (κ1) is 21.7. The summed E-state index contributed by atoms with van der Waals surface area (Å²) < 4.78 is 38.9. The van der Waals surface area contributed by atoms with Gasteiger partial charge in [0.25, 0.3) is 0 Å². The molecule has 1 nitrogen and oxygen atoms in total. The molecule has 5 heteroatoms. The van der Waals surface area contributed by atoms with Crippen LogP contribution >= 0.6 is 11.6 Å². The first-order valence-electron chi connectivity index (χ1n) is 10.3. The highest BCUT2D eigenvalue weighted by molar-refractivity contribution is 6.30. The molecule has 0 amide bonds. The molecule has 4 rings (SSSR count). The summed E-state index contributed by atoms with van der Waals surface area (Å²) in [5, 5.41) is 0.729. The second kappa shape index (κ2) is 9.29. The Balaban J connectivity index is 1.33. The van der Waals surface area contributed by atoms with Gasteiger partial charge in [0.2, 0.25) is 0 Å². The van der Waals surface area contributed by atoms with Gasteiger partial charge in [0.15, 0.2) is 0 Å². The van der Waals surface area contributed by atoms with Crippen LogP contribution in [0.15, 0.2) is 78.9 Å². The van der Waals surface area contributed by atoms with Crippen LogP contribution in [0.25, 0.3) is 16.7 Å². The second-order valence-electron chi connectivity index (χ2n) is 7.81. The van der Waals surface area contributed by atoms with Gasteiger partial charge >= 0.3 is 6.18 Å². The summed E-state index contributed by atoms with van der Waals surface area (Å²) >= 11 is 5.95. The van der Waals surface area contributed by atoms with Crippen molar-refractivity contribution in [3.8, 4) is 11.1 Å². The Labute approximate surface area is 185 Å². The van der Waals surface area contributed by atoms with Gasteiger partial charge in [-0.3, -0.25) is 4.90 Å². The molecule has 0 aliphatic carbocycles. The molecule has 160 valence electrons. The zero-order valence-electron chi connectivity index (χ0n) is 17.0. The maximum Gasteiger partial charge on any atom is 0.416 e. The number of nitrogens with zero attached hydrogens (tertiary/aromatic N) is 1. The maximum absolute atomic E-state index is 13.0. The Kier molecular flexibility index (Phi) is 6.49. The fourth-order valence-corrected chi connectivity index (χ4v) is 3.99. The Bertz CT molecular complexity index is 1050. The van der Waals surface area contributed by atoms with Crippen molar-refractivity contribution < 1.29 is 13.2 Å². The molecular formula is C26H23ClF3N. The fourth-order valence-electron chi connectivity index (χ4n) is 3.87. The Hall–Kier alpha value is -2.56. The van der Waals surface area contributed by atoms with Crippen molar-refractivity contribution in [3.63, 3.8) is 0 Å². The zero-order chi connectivity index (χ0) is 21.8. The van der Waals surface area contributed by atoms with Crippen LogP contribution in [0.1, 0.15) is 23.1 Å². The van der Waals surface area contributed by atoms with Crippen molar-refractivity contribution in [2.24, 2.45) is 0 Å². The molecule has 1 aliphatic heterocycles. The SMILES string of the molecule is FC(F)(F)c1cccc(C2=CCN(CCc3ccc(-c4ccc(Cl)cc4)cc3)CC2)c1. The van der Waals surface area contributed by atoms with Crippen LogP contribution in [0, 0.1) is 0 Å². The monoisotopic (exact) mass is 441 g/mol. The first-order valence-corrected chi connectivity index (χ1v) is 10.7. The standard InChI is InChI=1S/C26H23ClF3N/c27-25-10-8-21(9-11-25)20-6-4-19(5-7-20)12-15-31-16-13-22(14-17-31)23-2-1-3-24(18-23)26(28,29)30/h1-11,13,18H,12,14-17H2. The highest BCUT2D eigenvalue weighted by atomic mass is 35.5. The molecule has 0 spiro atoms. The third-order valence-electron chi connectivity index (χ3n) is 5.70. The predicted molar refractivity (Wildman–Crippen MR) is 121 cm³/mol. The summed E-state index contributed by atoms with van der Waals surface area (Å²) in [5.74, 6) is 0. The highest BCUT2D eigenvalue weighted by Gasteiger charge is 2.30. The van der Waals surface area contributed by atoms with E-state index in [1.165, 1.54) is 17.7 Å². The van der Waals surface area contributed by atoms with E-state index in [2.05, 4.69) is 35.2 Å². The van der Waals surface area contributed by atoms with Gasteiger partial charge in [-0.15, -0.1) is 0 Å². The van der Waals surface area contributed by atoms with E-state index in [1.54, 1.807) is 6.07 Å². The Morgan fingerprint density at radius 2 is 1.52 bits per heavy atom. The molecule has 0 bridgehead atoms. The molecule has 3 aromatic carbocycles. The smallest absolute Gasteiger partial charge is 0.299 e. The van der Waals surface area contributed by atoms with Crippen LogP contribution in [-0.4, -0.2) is 24.5 Å². The van der Waals surface area contributed by atoms with E-state index in [0.29, 0.717) is 5.56 Å². The zero-order valence-corrected chi connectivity index (χ0v) is 17.8. The van der Waals surface area contributed by atoms with E-state index in [1.807, 2.05) is 24.3 Å². The molecule has 0 saturated carbocycles. The molecule has 0 N–H and O–H groups in total. The topological polar surface area (TPSA) is 3.24 Å². The number of alkyl halides is 3. The molecule has 0 fully saturated rings. The van der Waals surface area contributed by atoms with Crippen LogP contribution in [0.5, 0.6) is 0 Å². The normalized spacial score (nSPS) is 15.0. The van der Waals surface area contributed by atoms with Crippen LogP contribution in [0.3, 0.4) is 0 Å². The van der Waals surface area contributed by atoms with Crippen LogP contribution in [0.2, 0.25) is 5.02 Å². The molecule has 0 saturated heterocycles. The van der Waals surface area contributed by atoms with E-state index in [-0.39, 0.29) is 0 Å². The number of halogens is 4. The van der Waals surface area contributed by atoms with Crippen LogP contribution in [-0.2, 0) is 12.6 Å². The molecule has 31 heavy (non-hydrogen) atoms. The van der Waals surface area contributed by atoms with Gasteiger partial charge in [0.1, 0.15) is 0 Å². The van der Waals surface area contributed by atoms with Crippen molar-refractivity contribution in [2.75, 3.05) is 19.6 Å². The lowest BCUT2D eigenvalue weighted by Crippen LogP contribution is -2.30. The number of rotatable bonds is 5. The van der Waals surface area contributed by atoms with Gasteiger partial charge in [-0.05, 0) is 64.9 Å². The second-order valence-corrected chi connectivity index (χ2v) is 8.25. The summed E-state index contributed by atoms with van der Waals surface area (Å²) in [6.45, 7) is 2.53. The van der Waals surface area contributed by atoms with Gasteiger partial charge in [-0.2, -0.15) is 13.2 Å². The minimum absolute atomic E-state index is 0.588. The molecular weight excluding hydrogens is 419 g/mol. The molecule has 0 unspecified atom stereocenters. The van der Waals surface area contributed by atoms with Gasteiger partial charge in [0.05, 0.1) is 5.56 Å². The van der Waals surface area contributed by atoms with E-state index in [9.17, 15) is 13.2 Å². The average Bonchev–Trinajstić information content (AvgIpc) is 2.78. The molecule has 3 aromatic rings. The summed E-state index contributed by atoms with van der Waals surface area (Å²) in [6, 6.07) is 22.0. The summed E-state index contributed by atoms with van der Waals surface area (Å²) in [4.78, 5) is 2.34.